The van der Waals surface area contributed by atoms with Crippen molar-refractivity contribution in [3.8, 4) is 0 Å². The van der Waals surface area contributed by atoms with Crippen molar-refractivity contribution >= 4 is 18.5 Å². The minimum atomic E-state index is 0.143. The number of amides is 1. The molecule has 0 heterocycles. The van der Waals surface area contributed by atoms with Crippen LogP contribution >= 0.6 is 12.6 Å². The Kier molecular flexibility index (Phi) is 6.83. The molecule has 0 saturated carbocycles. The summed E-state index contributed by atoms with van der Waals surface area (Å²) in [6.07, 6.45) is 0.439. The van der Waals surface area contributed by atoms with E-state index < -0.39 is 0 Å². The van der Waals surface area contributed by atoms with Crippen LogP contribution < -0.4 is 0 Å². The SMILES string of the molecule is CCOCCN(CC)C(=O)Cc1ccc(S)cc1. The Morgan fingerprint density at radius 3 is 2.50 bits per heavy atom. The number of ether oxygens (including phenoxy) is 1. The standard InChI is InChI=1S/C14H21NO2S/c1-3-15(9-10-17-4-2)14(16)11-12-5-7-13(18)8-6-12/h5-8,18H,3-4,9-11H2,1-2H3. The molecule has 0 fully saturated rings. The predicted octanol–water partition coefficient (Wildman–Crippen LogP) is 2.40. The van der Waals surface area contributed by atoms with Gasteiger partial charge in [0.2, 0.25) is 5.91 Å². The first-order valence-corrected chi connectivity index (χ1v) is 6.75. The minimum absolute atomic E-state index is 0.143. The maximum absolute atomic E-state index is 12.1. The van der Waals surface area contributed by atoms with Crippen LogP contribution in [0, 0.1) is 0 Å². The first-order valence-electron chi connectivity index (χ1n) is 6.30. The second kappa shape index (κ2) is 8.16. The van der Waals surface area contributed by atoms with Crippen LogP contribution in [0.3, 0.4) is 0 Å². The number of carbonyl (C=O) groups excluding carboxylic acids is 1. The van der Waals surface area contributed by atoms with Crippen molar-refractivity contribution in [1.29, 1.82) is 0 Å². The van der Waals surface area contributed by atoms with Gasteiger partial charge in [0, 0.05) is 24.6 Å². The Morgan fingerprint density at radius 2 is 1.94 bits per heavy atom. The Balaban J connectivity index is 2.48. The highest BCUT2D eigenvalue weighted by atomic mass is 32.1. The van der Waals surface area contributed by atoms with E-state index in [2.05, 4.69) is 12.6 Å². The second-order valence-electron chi connectivity index (χ2n) is 4.01. The van der Waals surface area contributed by atoms with Crippen molar-refractivity contribution in [2.75, 3.05) is 26.3 Å². The van der Waals surface area contributed by atoms with Crippen molar-refractivity contribution in [1.82, 2.24) is 4.90 Å². The smallest absolute Gasteiger partial charge is 0.227 e. The van der Waals surface area contributed by atoms with Gasteiger partial charge in [0.15, 0.2) is 0 Å². The highest BCUT2D eigenvalue weighted by Crippen LogP contribution is 2.09. The summed E-state index contributed by atoms with van der Waals surface area (Å²) in [4.78, 5) is 14.8. The third-order valence-electron chi connectivity index (χ3n) is 2.74. The van der Waals surface area contributed by atoms with E-state index in [1.54, 1.807) is 0 Å². The summed E-state index contributed by atoms with van der Waals surface area (Å²) in [5.41, 5.74) is 1.02. The summed E-state index contributed by atoms with van der Waals surface area (Å²) in [5.74, 6) is 0.143. The number of rotatable bonds is 7. The molecule has 1 amide bonds. The largest absolute Gasteiger partial charge is 0.380 e. The van der Waals surface area contributed by atoms with Crippen molar-refractivity contribution < 1.29 is 9.53 Å². The molecule has 0 atom stereocenters. The highest BCUT2D eigenvalue weighted by molar-refractivity contribution is 7.80. The number of likely N-dealkylation sites (N-methyl/N-ethyl adjacent to an activating group) is 1. The van der Waals surface area contributed by atoms with Gasteiger partial charge in [-0.2, -0.15) is 0 Å². The number of nitrogens with zero attached hydrogens (tertiary/aromatic N) is 1. The number of carbonyl (C=O) groups is 1. The van der Waals surface area contributed by atoms with Crippen LogP contribution in [0.4, 0.5) is 0 Å². The van der Waals surface area contributed by atoms with Gasteiger partial charge >= 0.3 is 0 Å². The lowest BCUT2D eigenvalue weighted by Gasteiger charge is -2.20. The summed E-state index contributed by atoms with van der Waals surface area (Å²) in [5, 5.41) is 0. The van der Waals surface area contributed by atoms with Crippen LogP contribution in [-0.4, -0.2) is 37.1 Å². The van der Waals surface area contributed by atoms with Crippen LogP contribution in [0.15, 0.2) is 29.2 Å². The summed E-state index contributed by atoms with van der Waals surface area (Å²) in [7, 11) is 0. The molecule has 18 heavy (non-hydrogen) atoms. The number of thiol groups is 1. The fourth-order valence-electron chi connectivity index (χ4n) is 1.68. The molecule has 3 nitrogen and oxygen atoms in total. The molecule has 0 aromatic heterocycles. The molecule has 1 aromatic rings. The van der Waals surface area contributed by atoms with E-state index in [1.807, 2.05) is 43.0 Å². The number of hydrogen-bond acceptors (Lipinski definition) is 3. The average molecular weight is 267 g/mol. The van der Waals surface area contributed by atoms with Crippen LogP contribution in [0.25, 0.3) is 0 Å². The molecule has 0 bridgehead atoms. The van der Waals surface area contributed by atoms with Crippen molar-refractivity contribution in [2.24, 2.45) is 0 Å². The summed E-state index contributed by atoms with van der Waals surface area (Å²) < 4.78 is 5.28. The van der Waals surface area contributed by atoms with Gasteiger partial charge in [-0.05, 0) is 31.5 Å². The zero-order valence-corrected chi connectivity index (χ0v) is 12.0. The first-order chi connectivity index (χ1) is 8.67. The van der Waals surface area contributed by atoms with E-state index in [9.17, 15) is 4.79 Å². The number of hydrogen-bond donors (Lipinski definition) is 1. The fraction of sp³-hybridized carbons (Fsp3) is 0.500. The normalized spacial score (nSPS) is 10.4. The molecule has 1 rings (SSSR count). The Hall–Kier alpha value is -1.00. The Morgan fingerprint density at radius 1 is 1.28 bits per heavy atom. The molecule has 100 valence electrons. The Labute approximate surface area is 115 Å². The predicted molar refractivity (Wildman–Crippen MR) is 76.1 cm³/mol. The zero-order chi connectivity index (χ0) is 13.4. The molecule has 0 radical (unpaired) electrons. The molecule has 0 N–H and O–H groups in total. The van der Waals surface area contributed by atoms with Gasteiger partial charge in [0.05, 0.1) is 13.0 Å². The van der Waals surface area contributed by atoms with E-state index in [-0.39, 0.29) is 5.91 Å². The monoisotopic (exact) mass is 267 g/mol. The maximum atomic E-state index is 12.1. The summed E-state index contributed by atoms with van der Waals surface area (Å²) in [6, 6.07) is 7.69. The van der Waals surface area contributed by atoms with Gasteiger partial charge in [-0.3, -0.25) is 4.79 Å². The van der Waals surface area contributed by atoms with Crippen LogP contribution in [-0.2, 0) is 16.0 Å². The fourth-order valence-corrected chi connectivity index (χ4v) is 1.83. The molecule has 0 aliphatic rings. The van der Waals surface area contributed by atoms with Crippen LogP contribution in [0.1, 0.15) is 19.4 Å². The topological polar surface area (TPSA) is 29.5 Å². The zero-order valence-electron chi connectivity index (χ0n) is 11.1. The van der Waals surface area contributed by atoms with E-state index in [4.69, 9.17) is 4.74 Å². The van der Waals surface area contributed by atoms with Gasteiger partial charge < -0.3 is 9.64 Å². The lowest BCUT2D eigenvalue weighted by atomic mass is 10.1. The van der Waals surface area contributed by atoms with Gasteiger partial charge in [0.25, 0.3) is 0 Å². The van der Waals surface area contributed by atoms with E-state index in [0.717, 1.165) is 17.0 Å². The second-order valence-corrected chi connectivity index (χ2v) is 4.53. The van der Waals surface area contributed by atoms with E-state index in [1.165, 1.54) is 0 Å². The molecule has 1 aromatic carbocycles. The van der Waals surface area contributed by atoms with Gasteiger partial charge in [0.1, 0.15) is 0 Å². The van der Waals surface area contributed by atoms with Crippen molar-refractivity contribution in [3.63, 3.8) is 0 Å². The Bertz CT molecular complexity index is 365. The highest BCUT2D eigenvalue weighted by Gasteiger charge is 2.11. The van der Waals surface area contributed by atoms with E-state index in [0.29, 0.717) is 26.2 Å². The van der Waals surface area contributed by atoms with Crippen LogP contribution in [0.5, 0.6) is 0 Å². The molecule has 0 aliphatic heterocycles. The van der Waals surface area contributed by atoms with Crippen molar-refractivity contribution in [3.05, 3.63) is 29.8 Å². The lowest BCUT2D eigenvalue weighted by molar-refractivity contribution is -0.131. The molecule has 0 unspecified atom stereocenters. The molecule has 0 spiro atoms. The molecular formula is C14H21NO2S. The quantitative estimate of drug-likeness (QED) is 0.607. The summed E-state index contributed by atoms with van der Waals surface area (Å²) in [6.45, 7) is 6.61. The third-order valence-corrected chi connectivity index (χ3v) is 3.03. The van der Waals surface area contributed by atoms with Crippen LogP contribution in [0.2, 0.25) is 0 Å². The first kappa shape index (κ1) is 15.1. The minimum Gasteiger partial charge on any atom is -0.380 e. The maximum Gasteiger partial charge on any atom is 0.227 e. The molecule has 0 aliphatic carbocycles. The third kappa shape index (κ3) is 5.10. The van der Waals surface area contributed by atoms with Gasteiger partial charge in [-0.15, -0.1) is 12.6 Å². The van der Waals surface area contributed by atoms with Crippen molar-refractivity contribution in [2.45, 2.75) is 25.2 Å². The molecular weight excluding hydrogens is 246 g/mol. The van der Waals surface area contributed by atoms with Gasteiger partial charge in [-0.25, -0.2) is 0 Å². The van der Waals surface area contributed by atoms with Gasteiger partial charge in [-0.1, -0.05) is 12.1 Å². The number of benzene rings is 1. The molecule has 4 heteroatoms. The average Bonchev–Trinajstić information content (AvgIpc) is 2.37. The summed E-state index contributed by atoms with van der Waals surface area (Å²) >= 11 is 4.23. The van der Waals surface area contributed by atoms with E-state index >= 15 is 0 Å². The molecule has 0 saturated heterocycles. The lowest BCUT2D eigenvalue weighted by Crippen LogP contribution is -2.35.